The lowest BCUT2D eigenvalue weighted by Gasteiger charge is -2.22. The van der Waals surface area contributed by atoms with Crippen molar-refractivity contribution < 1.29 is 36.6 Å². The van der Waals surface area contributed by atoms with Gasteiger partial charge >= 0.3 is 0 Å². The van der Waals surface area contributed by atoms with Gasteiger partial charge in [0.1, 0.15) is 90.9 Å². The number of aryl methyl sites for hydroxylation is 4. The van der Waals surface area contributed by atoms with E-state index in [0.29, 0.717) is 45.0 Å². The van der Waals surface area contributed by atoms with E-state index in [9.17, 15) is 48.2 Å². The fraction of sp³-hybridized carbons (Fsp3) is 0.171. The molecule has 0 saturated heterocycles. The van der Waals surface area contributed by atoms with Gasteiger partial charge in [-0.05, 0) is 178 Å². The first-order chi connectivity index (χ1) is 48.4. The van der Waals surface area contributed by atoms with Crippen LogP contribution in [0.25, 0.3) is 35.2 Å². The topological polar surface area (TPSA) is 308 Å². The molecule has 11 aromatic rings. The van der Waals surface area contributed by atoms with Crippen LogP contribution in [0, 0.1) is 47.8 Å². The molecular formula is C76H64ClN11O11S. The molecule has 0 radical (unpaired) electrons. The molecule has 2 amide bonds. The zero-order valence-corrected chi connectivity index (χ0v) is 56.2. The van der Waals surface area contributed by atoms with Crippen molar-refractivity contribution >= 4 is 68.4 Å². The van der Waals surface area contributed by atoms with Crippen molar-refractivity contribution in [2.24, 2.45) is 0 Å². The predicted molar refractivity (Wildman–Crippen MR) is 377 cm³/mol. The van der Waals surface area contributed by atoms with Crippen LogP contribution in [0.1, 0.15) is 90.7 Å². The summed E-state index contributed by atoms with van der Waals surface area (Å²) in [6.45, 7) is 7.83. The van der Waals surface area contributed by atoms with Crippen molar-refractivity contribution in [3.05, 3.63) is 279 Å². The fourth-order valence-electron chi connectivity index (χ4n) is 10.4. The summed E-state index contributed by atoms with van der Waals surface area (Å²) in [5.74, 6) is 0.663. The first-order valence-corrected chi connectivity index (χ1v) is 33.5. The lowest BCUT2D eigenvalue weighted by atomic mass is 9.95. The Morgan fingerprint density at radius 1 is 0.580 bits per heavy atom. The van der Waals surface area contributed by atoms with Crippen molar-refractivity contribution in [1.82, 2.24) is 38.8 Å². The minimum Gasteiger partial charge on any atom is -0.467 e. The van der Waals surface area contributed by atoms with Crippen LogP contribution in [-0.2, 0) is 38.8 Å². The number of hydrogen-bond donors (Lipinski definition) is 2. The predicted octanol–water partition coefficient (Wildman–Crippen LogP) is 13.4. The quantitative estimate of drug-likeness (QED) is 0.0595. The number of amides is 2. The number of aromatic nitrogens is 6. The molecule has 12 rings (SSSR count). The Morgan fingerprint density at radius 3 is 1.48 bits per heavy atom. The third-order valence-corrected chi connectivity index (χ3v) is 18.0. The molecule has 1 aliphatic rings. The third-order valence-electron chi connectivity index (χ3n) is 15.9. The molecule has 24 heteroatoms. The maximum absolute atomic E-state index is 13.3. The zero-order valence-electron chi connectivity index (χ0n) is 54.6. The second-order valence-corrected chi connectivity index (χ2v) is 25.1. The summed E-state index contributed by atoms with van der Waals surface area (Å²) in [7, 11) is -4.19. The van der Waals surface area contributed by atoms with Crippen LogP contribution in [0.15, 0.2) is 222 Å². The van der Waals surface area contributed by atoms with Gasteiger partial charge in [0.25, 0.3) is 28.5 Å². The number of benzene rings is 4. The van der Waals surface area contributed by atoms with Crippen LogP contribution in [0.4, 0.5) is 0 Å². The second-order valence-electron chi connectivity index (χ2n) is 22.8. The summed E-state index contributed by atoms with van der Waals surface area (Å²) in [5.41, 5.74) is 2.96. The monoisotopic (exact) mass is 1370 g/mol. The molecule has 1 saturated carbocycles. The summed E-state index contributed by atoms with van der Waals surface area (Å²) in [6.07, 6.45) is 16.5. The molecule has 1 fully saturated rings. The van der Waals surface area contributed by atoms with E-state index in [0.717, 1.165) is 73.3 Å². The first-order valence-electron chi connectivity index (χ1n) is 31.7. The van der Waals surface area contributed by atoms with Gasteiger partial charge in [-0.15, -0.1) is 0 Å². The highest BCUT2D eigenvalue weighted by molar-refractivity contribution is 7.95. The molecule has 1 aliphatic carbocycles. The van der Waals surface area contributed by atoms with Gasteiger partial charge in [-0.3, -0.25) is 37.2 Å². The summed E-state index contributed by atoms with van der Waals surface area (Å²) in [6, 6.07) is 50.1. The lowest BCUT2D eigenvalue weighted by Crippen LogP contribution is -2.36. The van der Waals surface area contributed by atoms with Crippen LogP contribution in [0.2, 0.25) is 5.02 Å². The standard InChI is InChI=1S/C26H26N4O3.C25H18ClN3O4S.C25H20N4O4/c1-2-18-11-13-21(14-12-18)33-25-22(26(32)30-15-7-6-10-23(30)29-25)16-19(17-27)24(31)28-20-8-4-3-5-9-20;1-16-6-9-19(10-7-16)34(31,32)20(15-27)14-21-24(33-18-8-11-22(26)17(2)13-18)28-23-5-3-4-12-29(23)25(21)30;1-2-17-8-10-19(11-9-17)33-24-21(25(31)29-12-4-3-7-22(29)28-24)14-18(15-26)23(30)27-16-20-6-5-13-32-20/h6-7,10-16,20H,2-5,8-9H2,1H3,(H,28,31);3-14H,1-2H3;3-14H,2,16H2,1H3,(H,27,30)/b19-16+;20-14+;18-14+. The number of carbonyl (C=O) groups excluding carboxylic acids is 2. The molecule has 100 heavy (non-hydrogen) atoms. The van der Waals surface area contributed by atoms with Crippen LogP contribution in [-0.4, -0.2) is 54.4 Å². The molecule has 502 valence electrons. The van der Waals surface area contributed by atoms with E-state index in [-0.39, 0.29) is 63.0 Å². The molecule has 7 heterocycles. The van der Waals surface area contributed by atoms with Gasteiger partial charge in [0.2, 0.25) is 27.5 Å². The highest BCUT2D eigenvalue weighted by Crippen LogP contribution is 2.31. The van der Waals surface area contributed by atoms with Crippen molar-refractivity contribution in [2.75, 3.05) is 0 Å². The van der Waals surface area contributed by atoms with Gasteiger partial charge in [0, 0.05) is 29.7 Å². The molecular weight excluding hydrogens is 1310 g/mol. The van der Waals surface area contributed by atoms with Gasteiger partial charge in [0.15, 0.2) is 0 Å². The van der Waals surface area contributed by atoms with Gasteiger partial charge in [-0.1, -0.05) is 105 Å². The Hall–Kier alpha value is -12.5. The number of furan rings is 1. The van der Waals surface area contributed by atoms with E-state index in [2.05, 4.69) is 32.5 Å². The minimum atomic E-state index is -4.19. The number of nitriles is 3. The van der Waals surface area contributed by atoms with E-state index in [1.807, 2.05) is 62.4 Å². The molecule has 0 bridgehead atoms. The number of halogens is 1. The first kappa shape index (κ1) is 70.3. The number of nitrogens with one attached hydrogen (secondary N) is 2. The Labute approximate surface area is 579 Å². The van der Waals surface area contributed by atoms with Gasteiger partial charge in [0.05, 0.1) is 17.7 Å². The summed E-state index contributed by atoms with van der Waals surface area (Å²) in [4.78, 5) is 77.8. The number of allylic oxidation sites excluding steroid dienone is 1. The Kier molecular flexibility index (Phi) is 22.9. The zero-order chi connectivity index (χ0) is 70.9. The number of pyridine rings is 3. The van der Waals surface area contributed by atoms with Crippen LogP contribution >= 0.6 is 11.6 Å². The number of nitrogens with zero attached hydrogens (tertiary/aromatic N) is 9. The second kappa shape index (κ2) is 32.5. The summed E-state index contributed by atoms with van der Waals surface area (Å²) < 4.78 is 53.2. The number of fused-ring (bicyclic) bond motifs is 3. The van der Waals surface area contributed by atoms with E-state index in [1.54, 1.807) is 135 Å². The van der Waals surface area contributed by atoms with Crippen molar-refractivity contribution in [3.8, 4) is 53.1 Å². The van der Waals surface area contributed by atoms with Crippen molar-refractivity contribution in [3.63, 3.8) is 0 Å². The smallest absolute Gasteiger partial charge is 0.269 e. The molecule has 2 N–H and O–H groups in total. The van der Waals surface area contributed by atoms with E-state index in [1.165, 1.54) is 49.9 Å². The Bertz CT molecular complexity index is 5410. The number of hydrogen-bond acceptors (Lipinski definition) is 17. The minimum absolute atomic E-state index is 0.00188. The number of rotatable bonds is 18. The Morgan fingerprint density at radius 2 is 1.04 bits per heavy atom. The van der Waals surface area contributed by atoms with Crippen LogP contribution in [0.3, 0.4) is 0 Å². The molecule has 22 nitrogen and oxygen atoms in total. The Balaban J connectivity index is 0.000000162. The SMILES string of the molecule is CCc1ccc(Oc2nc3ccccn3c(=O)c2/C=C(\C#N)C(=O)NC2CCCCC2)cc1.CCc1ccc(Oc2nc3ccccn3c(=O)c2/C=C(\C#N)C(=O)NCc2ccco2)cc1.Cc1ccc(S(=O)(=O)/C(C#N)=C/c2c(Oc3ccc(Cl)c(C)c3)nc3ccccn3c2=O)cc1. The molecule has 0 aliphatic heterocycles. The molecule has 0 unspecified atom stereocenters. The summed E-state index contributed by atoms with van der Waals surface area (Å²) in [5, 5.41) is 35.0. The normalized spacial score (nSPS) is 12.6. The third kappa shape index (κ3) is 17.0. The molecule has 0 spiro atoms. The fourth-order valence-corrected chi connectivity index (χ4v) is 11.6. The van der Waals surface area contributed by atoms with E-state index in [4.69, 9.17) is 30.2 Å². The number of carbonyl (C=O) groups is 2. The van der Waals surface area contributed by atoms with Crippen LogP contribution in [0.5, 0.6) is 34.9 Å². The summed E-state index contributed by atoms with van der Waals surface area (Å²) >= 11 is 6.09. The largest absolute Gasteiger partial charge is 0.467 e. The number of ether oxygens (including phenoxy) is 3. The molecule has 4 aromatic carbocycles. The maximum atomic E-state index is 13.3. The van der Waals surface area contributed by atoms with Gasteiger partial charge in [-0.2, -0.15) is 30.7 Å². The van der Waals surface area contributed by atoms with Crippen LogP contribution < -0.4 is 41.5 Å². The average Bonchev–Trinajstić information content (AvgIpc) is 0.877. The van der Waals surface area contributed by atoms with Gasteiger partial charge in [-0.25, -0.2) is 8.42 Å². The van der Waals surface area contributed by atoms with E-state index < -0.39 is 43.2 Å². The van der Waals surface area contributed by atoms with E-state index >= 15 is 0 Å². The highest BCUT2D eigenvalue weighted by atomic mass is 35.5. The van der Waals surface area contributed by atoms with Crippen molar-refractivity contribution in [1.29, 1.82) is 15.8 Å². The molecule has 0 atom stereocenters. The molecule has 7 aromatic heterocycles. The highest BCUT2D eigenvalue weighted by Gasteiger charge is 2.26. The van der Waals surface area contributed by atoms with Gasteiger partial charge < -0.3 is 29.3 Å². The lowest BCUT2D eigenvalue weighted by molar-refractivity contribution is -0.118. The maximum Gasteiger partial charge on any atom is 0.269 e. The average molecular weight is 1370 g/mol. The van der Waals surface area contributed by atoms with Crippen molar-refractivity contribution in [2.45, 2.75) is 90.1 Å². The number of sulfone groups is 1.